The lowest BCUT2D eigenvalue weighted by molar-refractivity contribution is 0.0472. The van der Waals surface area contributed by atoms with Crippen molar-refractivity contribution in [2.75, 3.05) is 31.6 Å². The van der Waals surface area contributed by atoms with Crippen molar-refractivity contribution >= 4 is 12.1 Å². The van der Waals surface area contributed by atoms with Gasteiger partial charge < -0.3 is 19.1 Å². The number of benzene rings is 1. The molecule has 7 heteroatoms. The molecule has 0 radical (unpaired) electrons. The van der Waals surface area contributed by atoms with Crippen LogP contribution in [-0.4, -0.2) is 53.4 Å². The fourth-order valence-electron chi connectivity index (χ4n) is 3.46. The molecule has 2 saturated heterocycles. The summed E-state index contributed by atoms with van der Waals surface area (Å²) in [5.41, 5.74) is 0.563. The van der Waals surface area contributed by atoms with Crippen molar-refractivity contribution in [1.82, 2.24) is 15.0 Å². The van der Waals surface area contributed by atoms with Crippen LogP contribution in [0.2, 0.25) is 0 Å². The Kier molecular flexibility index (Phi) is 3.63. The maximum atomic E-state index is 11.7. The van der Waals surface area contributed by atoms with Crippen LogP contribution in [0.4, 0.5) is 10.8 Å². The molecule has 0 N–H and O–H groups in total. The van der Waals surface area contributed by atoms with Gasteiger partial charge in [0.25, 0.3) is 0 Å². The normalized spacial score (nSPS) is 24.3. The highest BCUT2D eigenvalue weighted by atomic mass is 16.6. The largest absolute Gasteiger partial charge is 0.441 e. The highest BCUT2D eigenvalue weighted by Gasteiger charge is 2.44. The molecule has 3 heterocycles. The minimum absolute atomic E-state index is 0.229. The van der Waals surface area contributed by atoms with Crippen LogP contribution < -0.4 is 4.90 Å². The summed E-state index contributed by atoms with van der Waals surface area (Å²) >= 11 is 0. The van der Waals surface area contributed by atoms with Gasteiger partial charge in [-0.2, -0.15) is 4.98 Å². The number of hydrogen-bond acceptors (Lipinski definition) is 6. The van der Waals surface area contributed by atoms with Crippen LogP contribution in [-0.2, 0) is 4.74 Å². The van der Waals surface area contributed by atoms with E-state index >= 15 is 0 Å². The summed E-state index contributed by atoms with van der Waals surface area (Å²) in [5.74, 6) is 0.594. The Morgan fingerprint density at radius 1 is 1.17 bits per heavy atom. The smallest absolute Gasteiger partial charge is 0.410 e. The van der Waals surface area contributed by atoms with Crippen LogP contribution in [0.25, 0.3) is 11.4 Å². The number of carbonyl (C=O) groups excluding carboxylic acids is 1. The van der Waals surface area contributed by atoms with Crippen LogP contribution in [0, 0.1) is 0 Å². The SMILES string of the molecule is CN1CC2(CCCN(c3nc(-c4ccccc4)no3)CC2)OC1=O. The van der Waals surface area contributed by atoms with Crippen molar-refractivity contribution in [3.05, 3.63) is 30.3 Å². The first-order valence-electron chi connectivity index (χ1n) is 8.23. The van der Waals surface area contributed by atoms with Gasteiger partial charge in [0.05, 0.1) is 6.54 Å². The van der Waals surface area contributed by atoms with Gasteiger partial charge in [-0.25, -0.2) is 4.79 Å². The third-order valence-electron chi connectivity index (χ3n) is 4.76. The second kappa shape index (κ2) is 5.81. The van der Waals surface area contributed by atoms with Crippen LogP contribution in [0.5, 0.6) is 0 Å². The van der Waals surface area contributed by atoms with E-state index in [1.807, 2.05) is 30.3 Å². The first-order chi connectivity index (χ1) is 11.7. The molecule has 1 unspecified atom stereocenters. The van der Waals surface area contributed by atoms with Gasteiger partial charge in [0, 0.05) is 32.1 Å². The Hall–Kier alpha value is -2.57. The van der Waals surface area contributed by atoms with Crippen LogP contribution in [0.3, 0.4) is 0 Å². The van der Waals surface area contributed by atoms with E-state index in [1.54, 1.807) is 11.9 Å². The second-order valence-electron chi connectivity index (χ2n) is 6.51. The molecule has 1 aromatic carbocycles. The van der Waals surface area contributed by atoms with Gasteiger partial charge in [-0.05, 0) is 12.8 Å². The molecule has 1 aromatic heterocycles. The molecule has 1 atom stereocenters. The number of likely N-dealkylation sites (N-methyl/N-ethyl adjacent to an activating group) is 1. The molecule has 0 bridgehead atoms. The summed E-state index contributed by atoms with van der Waals surface area (Å²) in [6.45, 7) is 2.20. The summed E-state index contributed by atoms with van der Waals surface area (Å²) in [5, 5.41) is 4.08. The van der Waals surface area contributed by atoms with Crippen LogP contribution in [0.1, 0.15) is 19.3 Å². The van der Waals surface area contributed by atoms with Gasteiger partial charge in [-0.3, -0.25) is 0 Å². The van der Waals surface area contributed by atoms with E-state index in [-0.39, 0.29) is 11.7 Å². The number of amides is 1. The number of ether oxygens (including phenoxy) is 1. The molecular weight excluding hydrogens is 308 g/mol. The lowest BCUT2D eigenvalue weighted by atomic mass is 9.95. The topological polar surface area (TPSA) is 71.7 Å². The molecule has 0 aliphatic carbocycles. The Morgan fingerprint density at radius 2 is 2.00 bits per heavy atom. The van der Waals surface area contributed by atoms with Crippen molar-refractivity contribution in [2.45, 2.75) is 24.9 Å². The molecule has 4 rings (SSSR count). The zero-order chi connectivity index (χ0) is 16.6. The summed E-state index contributed by atoms with van der Waals surface area (Å²) in [4.78, 5) is 20.0. The van der Waals surface area contributed by atoms with Gasteiger partial charge in [0.2, 0.25) is 5.82 Å². The number of rotatable bonds is 2. The van der Waals surface area contributed by atoms with Gasteiger partial charge in [-0.15, -0.1) is 0 Å². The Morgan fingerprint density at radius 3 is 2.75 bits per heavy atom. The summed E-state index contributed by atoms with van der Waals surface area (Å²) in [7, 11) is 1.78. The Labute approximate surface area is 140 Å². The third-order valence-corrected chi connectivity index (χ3v) is 4.76. The molecule has 7 nitrogen and oxygen atoms in total. The Balaban J connectivity index is 1.48. The van der Waals surface area contributed by atoms with Gasteiger partial charge in [0.15, 0.2) is 0 Å². The average Bonchev–Trinajstić information content (AvgIpc) is 3.11. The van der Waals surface area contributed by atoms with Crippen molar-refractivity contribution in [1.29, 1.82) is 0 Å². The first kappa shape index (κ1) is 15.0. The standard InChI is InChI=1S/C17H20N4O3/c1-20-12-17(23-16(20)22)8-5-10-21(11-9-17)15-18-14(19-24-15)13-6-3-2-4-7-13/h2-4,6-7H,5,8-12H2,1H3. The lowest BCUT2D eigenvalue weighted by Gasteiger charge is -2.24. The first-order valence-corrected chi connectivity index (χ1v) is 8.23. The van der Waals surface area contributed by atoms with Crippen LogP contribution >= 0.6 is 0 Å². The van der Waals surface area contributed by atoms with E-state index < -0.39 is 0 Å². The number of aromatic nitrogens is 2. The molecule has 0 saturated carbocycles. The number of hydrogen-bond donors (Lipinski definition) is 0. The second-order valence-corrected chi connectivity index (χ2v) is 6.51. The molecule has 2 aliphatic heterocycles. The van der Waals surface area contributed by atoms with Crippen molar-refractivity contribution < 1.29 is 14.1 Å². The van der Waals surface area contributed by atoms with E-state index in [0.29, 0.717) is 18.4 Å². The molecule has 2 aliphatic rings. The summed E-state index contributed by atoms with van der Waals surface area (Å²) < 4.78 is 11.1. The molecule has 1 amide bonds. The molecule has 24 heavy (non-hydrogen) atoms. The number of nitrogens with zero attached hydrogens (tertiary/aromatic N) is 4. The minimum Gasteiger partial charge on any atom is -0.441 e. The maximum absolute atomic E-state index is 11.7. The molecule has 1 spiro atoms. The van der Waals surface area contributed by atoms with E-state index in [1.165, 1.54) is 0 Å². The van der Waals surface area contributed by atoms with E-state index in [0.717, 1.165) is 37.9 Å². The highest BCUT2D eigenvalue weighted by Crippen LogP contribution is 2.33. The molecule has 126 valence electrons. The fraction of sp³-hybridized carbons (Fsp3) is 0.471. The van der Waals surface area contributed by atoms with E-state index in [9.17, 15) is 4.79 Å². The third kappa shape index (κ3) is 2.70. The Bertz CT molecular complexity index is 732. The predicted octanol–water partition coefficient (Wildman–Crippen LogP) is 2.55. The summed E-state index contributed by atoms with van der Waals surface area (Å²) in [6, 6.07) is 10.3. The minimum atomic E-state index is -0.372. The molecular formula is C17H20N4O3. The van der Waals surface area contributed by atoms with E-state index in [2.05, 4.69) is 15.0 Å². The number of anilines is 1. The van der Waals surface area contributed by atoms with Gasteiger partial charge >= 0.3 is 12.1 Å². The fourth-order valence-corrected chi connectivity index (χ4v) is 3.46. The monoisotopic (exact) mass is 328 g/mol. The van der Waals surface area contributed by atoms with Crippen LogP contribution in [0.15, 0.2) is 34.9 Å². The van der Waals surface area contributed by atoms with Crippen molar-refractivity contribution in [3.8, 4) is 11.4 Å². The zero-order valence-corrected chi connectivity index (χ0v) is 13.6. The zero-order valence-electron chi connectivity index (χ0n) is 13.6. The maximum Gasteiger partial charge on any atom is 0.410 e. The average molecular weight is 328 g/mol. The summed E-state index contributed by atoms with van der Waals surface area (Å²) in [6.07, 6.45) is 2.32. The molecule has 2 aromatic rings. The highest BCUT2D eigenvalue weighted by molar-refractivity contribution is 5.70. The number of carbonyl (C=O) groups is 1. The molecule has 2 fully saturated rings. The van der Waals surface area contributed by atoms with Gasteiger partial charge in [0.1, 0.15) is 5.60 Å². The van der Waals surface area contributed by atoms with Gasteiger partial charge in [-0.1, -0.05) is 35.5 Å². The predicted molar refractivity (Wildman–Crippen MR) is 87.6 cm³/mol. The van der Waals surface area contributed by atoms with Crippen molar-refractivity contribution in [2.24, 2.45) is 0 Å². The quantitative estimate of drug-likeness (QED) is 0.843. The lowest BCUT2D eigenvalue weighted by Crippen LogP contribution is -2.35. The van der Waals surface area contributed by atoms with E-state index in [4.69, 9.17) is 9.26 Å². The van der Waals surface area contributed by atoms with Crippen molar-refractivity contribution in [3.63, 3.8) is 0 Å².